The molecule has 0 saturated carbocycles. The van der Waals surface area contributed by atoms with E-state index < -0.39 is 10.0 Å². The third-order valence-electron chi connectivity index (χ3n) is 5.85. The van der Waals surface area contributed by atoms with E-state index in [2.05, 4.69) is 14.9 Å². The highest BCUT2D eigenvalue weighted by Crippen LogP contribution is 2.26. The summed E-state index contributed by atoms with van der Waals surface area (Å²) in [7, 11) is -3.62. The molecule has 1 amide bonds. The number of benzene rings is 1. The van der Waals surface area contributed by atoms with Gasteiger partial charge in [0, 0.05) is 57.6 Å². The molecule has 0 aliphatic carbocycles. The number of rotatable bonds is 4. The average molecular weight is 441 g/mol. The molecule has 0 atom stereocenters. The summed E-state index contributed by atoms with van der Waals surface area (Å²) in [6.07, 6.45) is 4.44. The minimum atomic E-state index is -3.62. The minimum Gasteiger partial charge on any atom is -0.339 e. The van der Waals surface area contributed by atoms with Crippen LogP contribution in [0.3, 0.4) is 0 Å². The van der Waals surface area contributed by atoms with Crippen LogP contribution in [-0.2, 0) is 14.8 Å². The zero-order valence-electron chi connectivity index (χ0n) is 17.1. The van der Waals surface area contributed by atoms with Crippen molar-refractivity contribution in [3.63, 3.8) is 0 Å². The maximum absolute atomic E-state index is 13.0. The standard InChI is InChI=1S/C21H24N6O3S/c22-16-17-2-4-19(5-3-17)31(29,30)27-10-6-18(7-11-27)20(28)25-12-14-26(15-13-25)21-23-8-1-9-24-21/h1-5,8-9,18H,6-7,10-15H2. The van der Waals surface area contributed by atoms with Crippen molar-refractivity contribution in [2.45, 2.75) is 17.7 Å². The molecule has 31 heavy (non-hydrogen) atoms. The summed E-state index contributed by atoms with van der Waals surface area (Å²) in [5.74, 6) is 0.618. The minimum absolute atomic E-state index is 0.101. The van der Waals surface area contributed by atoms with Crippen LogP contribution < -0.4 is 4.90 Å². The second-order valence-electron chi connectivity index (χ2n) is 7.68. The van der Waals surface area contributed by atoms with Gasteiger partial charge in [-0.1, -0.05) is 0 Å². The van der Waals surface area contributed by atoms with Gasteiger partial charge in [0.1, 0.15) is 0 Å². The second kappa shape index (κ2) is 8.99. The molecule has 1 aromatic carbocycles. The van der Waals surface area contributed by atoms with Gasteiger partial charge in [-0.3, -0.25) is 4.79 Å². The van der Waals surface area contributed by atoms with E-state index in [9.17, 15) is 13.2 Å². The van der Waals surface area contributed by atoms with Crippen LogP contribution in [0.2, 0.25) is 0 Å². The number of hydrogen-bond acceptors (Lipinski definition) is 7. The molecule has 0 unspecified atom stereocenters. The third kappa shape index (κ3) is 4.52. The summed E-state index contributed by atoms with van der Waals surface area (Å²) < 4.78 is 27.2. The topological polar surface area (TPSA) is 110 Å². The Hall–Kier alpha value is -3.03. The van der Waals surface area contributed by atoms with Crippen LogP contribution in [0.5, 0.6) is 0 Å². The average Bonchev–Trinajstić information content (AvgIpc) is 2.84. The van der Waals surface area contributed by atoms with Crippen LogP contribution in [-0.4, -0.2) is 72.8 Å². The van der Waals surface area contributed by atoms with Gasteiger partial charge in [0.25, 0.3) is 0 Å². The van der Waals surface area contributed by atoms with Crippen molar-refractivity contribution < 1.29 is 13.2 Å². The molecule has 0 bridgehead atoms. The Balaban J connectivity index is 1.31. The molecule has 0 N–H and O–H groups in total. The number of amides is 1. The number of hydrogen-bond donors (Lipinski definition) is 0. The van der Waals surface area contributed by atoms with E-state index in [1.807, 2.05) is 11.0 Å². The lowest BCUT2D eigenvalue weighted by Gasteiger charge is -2.38. The van der Waals surface area contributed by atoms with E-state index in [4.69, 9.17) is 5.26 Å². The lowest BCUT2D eigenvalue weighted by Crippen LogP contribution is -2.52. The third-order valence-corrected chi connectivity index (χ3v) is 7.76. The molecule has 9 nitrogen and oxygen atoms in total. The number of piperazine rings is 1. The summed E-state index contributed by atoms with van der Waals surface area (Å²) in [4.78, 5) is 25.6. The zero-order chi connectivity index (χ0) is 21.8. The highest BCUT2D eigenvalue weighted by Gasteiger charge is 2.34. The van der Waals surface area contributed by atoms with E-state index in [-0.39, 0.29) is 16.7 Å². The smallest absolute Gasteiger partial charge is 0.243 e. The molecule has 2 aromatic rings. The van der Waals surface area contributed by atoms with Crippen molar-refractivity contribution in [3.05, 3.63) is 48.3 Å². The summed E-state index contributed by atoms with van der Waals surface area (Å²) >= 11 is 0. The van der Waals surface area contributed by atoms with Gasteiger partial charge in [-0.25, -0.2) is 18.4 Å². The molecule has 2 fully saturated rings. The van der Waals surface area contributed by atoms with Crippen molar-refractivity contribution in [2.24, 2.45) is 5.92 Å². The maximum Gasteiger partial charge on any atom is 0.243 e. The summed E-state index contributed by atoms with van der Waals surface area (Å²) in [5.41, 5.74) is 0.419. The van der Waals surface area contributed by atoms with Crippen molar-refractivity contribution >= 4 is 21.9 Å². The lowest BCUT2D eigenvalue weighted by atomic mass is 9.96. The van der Waals surface area contributed by atoms with Gasteiger partial charge in [-0.15, -0.1) is 0 Å². The van der Waals surface area contributed by atoms with Gasteiger partial charge in [0.05, 0.1) is 16.5 Å². The Morgan fingerprint density at radius 1 is 0.968 bits per heavy atom. The fourth-order valence-electron chi connectivity index (χ4n) is 4.03. The fraction of sp³-hybridized carbons (Fsp3) is 0.429. The molecule has 0 radical (unpaired) electrons. The zero-order valence-corrected chi connectivity index (χ0v) is 17.9. The number of carbonyl (C=O) groups excluding carboxylic acids is 1. The Morgan fingerprint density at radius 3 is 2.16 bits per heavy atom. The number of piperidine rings is 1. The van der Waals surface area contributed by atoms with Crippen LogP contribution in [0.25, 0.3) is 0 Å². The van der Waals surface area contributed by atoms with Crippen LogP contribution in [0.15, 0.2) is 47.6 Å². The molecule has 2 aliphatic rings. The van der Waals surface area contributed by atoms with Crippen LogP contribution in [0, 0.1) is 17.2 Å². The van der Waals surface area contributed by atoms with Crippen LogP contribution in [0.4, 0.5) is 5.95 Å². The Bertz CT molecular complexity index is 1050. The van der Waals surface area contributed by atoms with Crippen LogP contribution >= 0.6 is 0 Å². The van der Waals surface area contributed by atoms with Crippen molar-refractivity contribution in [1.29, 1.82) is 5.26 Å². The van der Waals surface area contributed by atoms with Crippen molar-refractivity contribution in [2.75, 3.05) is 44.2 Å². The molecular weight excluding hydrogens is 416 g/mol. The Morgan fingerprint density at radius 2 is 1.58 bits per heavy atom. The van der Waals surface area contributed by atoms with E-state index in [1.165, 1.54) is 28.6 Å². The summed E-state index contributed by atoms with van der Waals surface area (Å²) in [6, 6.07) is 9.69. The summed E-state index contributed by atoms with van der Waals surface area (Å²) in [5, 5.41) is 8.89. The van der Waals surface area contributed by atoms with Crippen LogP contribution in [0.1, 0.15) is 18.4 Å². The predicted octanol–water partition coefficient (Wildman–Crippen LogP) is 1.10. The summed E-state index contributed by atoms with van der Waals surface area (Å²) in [6.45, 7) is 3.22. The van der Waals surface area contributed by atoms with E-state index in [0.717, 1.165) is 0 Å². The van der Waals surface area contributed by atoms with Gasteiger partial charge in [0.15, 0.2) is 0 Å². The largest absolute Gasteiger partial charge is 0.339 e. The molecular formula is C21H24N6O3S. The molecule has 3 heterocycles. The number of carbonyl (C=O) groups is 1. The number of nitrogens with zero attached hydrogens (tertiary/aromatic N) is 6. The van der Waals surface area contributed by atoms with Gasteiger partial charge < -0.3 is 9.80 Å². The predicted molar refractivity (Wildman–Crippen MR) is 113 cm³/mol. The first-order valence-corrected chi connectivity index (χ1v) is 11.7. The Kier molecular flexibility index (Phi) is 6.15. The highest BCUT2D eigenvalue weighted by atomic mass is 32.2. The van der Waals surface area contributed by atoms with Gasteiger partial charge in [-0.2, -0.15) is 9.57 Å². The highest BCUT2D eigenvalue weighted by molar-refractivity contribution is 7.89. The van der Waals surface area contributed by atoms with Gasteiger partial charge in [-0.05, 0) is 43.2 Å². The van der Waals surface area contributed by atoms with Crippen molar-refractivity contribution in [3.8, 4) is 6.07 Å². The second-order valence-corrected chi connectivity index (χ2v) is 9.61. The molecule has 2 saturated heterocycles. The Labute approximate surface area is 182 Å². The number of anilines is 1. The number of aromatic nitrogens is 2. The number of sulfonamides is 1. The molecule has 0 spiro atoms. The first kappa shape index (κ1) is 21.2. The molecule has 162 valence electrons. The van der Waals surface area contributed by atoms with E-state index >= 15 is 0 Å². The van der Waals surface area contributed by atoms with E-state index in [1.54, 1.807) is 18.5 Å². The fourth-order valence-corrected chi connectivity index (χ4v) is 5.50. The van der Waals surface area contributed by atoms with Crippen molar-refractivity contribution in [1.82, 2.24) is 19.2 Å². The van der Waals surface area contributed by atoms with Gasteiger partial charge >= 0.3 is 0 Å². The molecule has 4 rings (SSSR count). The quantitative estimate of drug-likeness (QED) is 0.700. The number of nitriles is 1. The normalized spacial score (nSPS) is 18.5. The van der Waals surface area contributed by atoms with Gasteiger partial charge in [0.2, 0.25) is 21.9 Å². The van der Waals surface area contributed by atoms with E-state index in [0.29, 0.717) is 63.6 Å². The first-order valence-electron chi connectivity index (χ1n) is 10.3. The molecule has 10 heteroatoms. The first-order chi connectivity index (χ1) is 15.0. The maximum atomic E-state index is 13.0. The molecule has 2 aliphatic heterocycles. The molecule has 1 aromatic heterocycles. The monoisotopic (exact) mass is 440 g/mol. The lowest BCUT2D eigenvalue weighted by molar-refractivity contribution is -0.137. The SMILES string of the molecule is N#Cc1ccc(S(=O)(=O)N2CCC(C(=O)N3CCN(c4ncccn4)CC3)CC2)cc1.